The van der Waals surface area contributed by atoms with E-state index in [0.717, 1.165) is 18.1 Å². The Morgan fingerprint density at radius 1 is 1.25 bits per heavy atom. The highest BCUT2D eigenvalue weighted by atomic mass is 79.9. The topological polar surface area (TPSA) is 82.4 Å². The van der Waals surface area contributed by atoms with Gasteiger partial charge in [0.05, 0.1) is 47.3 Å². The summed E-state index contributed by atoms with van der Waals surface area (Å²) >= 11 is 3.18. The van der Waals surface area contributed by atoms with E-state index in [1.54, 1.807) is 0 Å². The van der Waals surface area contributed by atoms with Crippen LogP contribution in [0.2, 0.25) is 0 Å². The summed E-state index contributed by atoms with van der Waals surface area (Å²) in [6.07, 6.45) is -4.99. The molecule has 0 saturated heterocycles. The first-order valence-electron chi connectivity index (χ1n) is 8.97. The Morgan fingerprint density at radius 2 is 1.91 bits per heavy atom. The second-order valence-electron chi connectivity index (χ2n) is 6.60. The van der Waals surface area contributed by atoms with E-state index in [2.05, 4.69) is 21.2 Å². The van der Waals surface area contributed by atoms with Crippen LogP contribution in [0.1, 0.15) is 22.7 Å². The van der Waals surface area contributed by atoms with Crippen molar-refractivity contribution in [2.75, 3.05) is 17.3 Å². The monoisotopic (exact) mass is 511 g/mol. The van der Waals surface area contributed by atoms with Crippen LogP contribution in [-0.4, -0.2) is 24.4 Å². The van der Waals surface area contributed by atoms with Crippen molar-refractivity contribution in [3.8, 4) is 6.07 Å². The highest BCUT2D eigenvalue weighted by Gasteiger charge is 2.40. The molecular formula is C21H14BrF4N3O3. The zero-order valence-corrected chi connectivity index (χ0v) is 17.9. The van der Waals surface area contributed by atoms with Crippen LogP contribution in [0.15, 0.2) is 53.7 Å². The molecule has 1 N–H and O–H groups in total. The highest BCUT2D eigenvalue weighted by Crippen LogP contribution is 2.38. The van der Waals surface area contributed by atoms with Crippen molar-refractivity contribution in [2.24, 2.45) is 0 Å². The molecule has 6 nitrogen and oxygen atoms in total. The normalized spacial score (nSPS) is 16.5. The van der Waals surface area contributed by atoms with Crippen LogP contribution < -0.4 is 10.2 Å². The van der Waals surface area contributed by atoms with E-state index < -0.39 is 35.6 Å². The first-order chi connectivity index (χ1) is 15.1. The van der Waals surface area contributed by atoms with Gasteiger partial charge < -0.3 is 10.1 Å². The second-order valence-corrected chi connectivity index (χ2v) is 7.16. The molecule has 0 spiro atoms. The summed E-state index contributed by atoms with van der Waals surface area (Å²) in [6.45, 7) is 0. The van der Waals surface area contributed by atoms with E-state index in [1.807, 2.05) is 6.07 Å². The molecule has 2 amide bonds. The van der Waals surface area contributed by atoms with E-state index in [9.17, 15) is 27.2 Å². The summed E-state index contributed by atoms with van der Waals surface area (Å²) < 4.78 is 58.2. The van der Waals surface area contributed by atoms with E-state index in [-0.39, 0.29) is 22.3 Å². The number of amides is 2. The van der Waals surface area contributed by atoms with Gasteiger partial charge in [0.15, 0.2) is 0 Å². The Bertz CT molecular complexity index is 1140. The average Bonchev–Trinajstić information content (AvgIpc) is 2.77. The van der Waals surface area contributed by atoms with Gasteiger partial charge in [0.25, 0.3) is 0 Å². The smallest absolute Gasteiger partial charge is 0.419 e. The molecule has 166 valence electrons. The molecular weight excluding hydrogens is 498 g/mol. The maximum atomic E-state index is 13.8. The summed E-state index contributed by atoms with van der Waals surface area (Å²) in [5.74, 6) is -2.32. The van der Waals surface area contributed by atoms with Crippen LogP contribution in [0.3, 0.4) is 0 Å². The maximum Gasteiger partial charge on any atom is 0.419 e. The number of nitrogens with zero attached hydrogens (tertiary/aromatic N) is 2. The van der Waals surface area contributed by atoms with Gasteiger partial charge in [-0.1, -0.05) is 28.1 Å². The number of alkyl halides is 4. The SMILES string of the molecule is COC(=O)C1=C(CBr)N(c2ccc(F)c(C(F)(F)F)c2)C(=O)NC1c1ccc(C#N)cc1. The Labute approximate surface area is 188 Å². The molecule has 2 aromatic rings. The number of hydrogen-bond donors (Lipinski definition) is 1. The molecule has 0 bridgehead atoms. The molecule has 1 atom stereocenters. The molecule has 0 saturated carbocycles. The summed E-state index contributed by atoms with van der Waals surface area (Å²) in [7, 11) is 1.12. The van der Waals surface area contributed by atoms with Gasteiger partial charge in [-0.05, 0) is 35.9 Å². The molecule has 1 aliphatic rings. The molecule has 2 aromatic carbocycles. The second kappa shape index (κ2) is 9.00. The number of benzene rings is 2. The van der Waals surface area contributed by atoms with Crippen LogP contribution in [0.5, 0.6) is 0 Å². The molecule has 11 heteroatoms. The van der Waals surface area contributed by atoms with Crippen molar-refractivity contribution < 1.29 is 31.9 Å². The quantitative estimate of drug-likeness (QED) is 0.362. The number of hydrogen-bond acceptors (Lipinski definition) is 4. The molecule has 0 aromatic heterocycles. The number of urea groups is 1. The fourth-order valence-electron chi connectivity index (χ4n) is 3.29. The van der Waals surface area contributed by atoms with Crippen molar-refractivity contribution in [3.05, 3.63) is 76.2 Å². The first-order valence-corrected chi connectivity index (χ1v) is 10.1. The Balaban J connectivity index is 2.20. The predicted octanol–water partition coefficient (Wildman–Crippen LogP) is 4.81. The minimum absolute atomic E-state index is 0.0229. The van der Waals surface area contributed by atoms with Gasteiger partial charge in [-0.2, -0.15) is 18.4 Å². The summed E-state index contributed by atoms with van der Waals surface area (Å²) in [6, 6.07) is 8.28. The molecule has 32 heavy (non-hydrogen) atoms. The van der Waals surface area contributed by atoms with Gasteiger partial charge in [-0.3, -0.25) is 4.90 Å². The van der Waals surface area contributed by atoms with Crippen molar-refractivity contribution in [1.82, 2.24) is 5.32 Å². The molecule has 1 heterocycles. The molecule has 0 aliphatic carbocycles. The third-order valence-electron chi connectivity index (χ3n) is 4.76. The lowest BCUT2D eigenvalue weighted by molar-refractivity contribution is -0.140. The van der Waals surface area contributed by atoms with Crippen molar-refractivity contribution in [2.45, 2.75) is 12.2 Å². The van der Waals surface area contributed by atoms with Crippen LogP contribution in [0, 0.1) is 17.1 Å². The van der Waals surface area contributed by atoms with E-state index in [0.29, 0.717) is 23.3 Å². The largest absolute Gasteiger partial charge is 0.466 e. The molecule has 1 aliphatic heterocycles. The van der Waals surface area contributed by atoms with Gasteiger partial charge in [-0.15, -0.1) is 0 Å². The van der Waals surface area contributed by atoms with E-state index in [1.165, 1.54) is 24.3 Å². The third kappa shape index (κ3) is 4.31. The zero-order chi connectivity index (χ0) is 23.6. The standard InChI is InChI=1S/C21H14BrF4N3O3/c1-32-19(30)17-16(9-22)29(13-6-7-15(23)14(8-13)21(24,25)26)20(31)28-18(17)12-4-2-11(10-27)3-5-12/h2-8,18H,9H2,1H3,(H,28,31). The molecule has 3 rings (SSSR count). The van der Waals surface area contributed by atoms with Crippen LogP contribution in [-0.2, 0) is 15.7 Å². The number of nitriles is 1. The molecule has 1 unspecified atom stereocenters. The number of allylic oxidation sites excluding steroid dienone is 1. The number of carbonyl (C=O) groups is 2. The number of nitrogens with one attached hydrogen (secondary N) is 1. The van der Waals surface area contributed by atoms with Gasteiger partial charge in [-0.25, -0.2) is 14.0 Å². The molecule has 0 radical (unpaired) electrons. The summed E-state index contributed by atoms with van der Waals surface area (Å²) in [5.41, 5.74) is -1.05. The van der Waals surface area contributed by atoms with Crippen LogP contribution >= 0.6 is 15.9 Å². The number of ether oxygens (including phenoxy) is 1. The van der Waals surface area contributed by atoms with Crippen molar-refractivity contribution >= 4 is 33.6 Å². The van der Waals surface area contributed by atoms with Crippen molar-refractivity contribution in [3.63, 3.8) is 0 Å². The number of anilines is 1. The zero-order valence-electron chi connectivity index (χ0n) is 16.3. The minimum Gasteiger partial charge on any atom is -0.466 e. The Hall–Kier alpha value is -3.39. The predicted molar refractivity (Wildman–Crippen MR) is 109 cm³/mol. The van der Waals surface area contributed by atoms with Gasteiger partial charge in [0.2, 0.25) is 0 Å². The Morgan fingerprint density at radius 3 is 2.44 bits per heavy atom. The number of rotatable bonds is 4. The fraction of sp³-hybridized carbons (Fsp3) is 0.190. The highest BCUT2D eigenvalue weighted by molar-refractivity contribution is 9.09. The lowest BCUT2D eigenvalue weighted by Gasteiger charge is -2.36. The number of methoxy groups -OCH3 is 1. The third-order valence-corrected chi connectivity index (χ3v) is 5.29. The first kappa shape index (κ1) is 23.3. The summed E-state index contributed by atoms with van der Waals surface area (Å²) in [4.78, 5) is 26.4. The van der Waals surface area contributed by atoms with E-state index in [4.69, 9.17) is 10.00 Å². The van der Waals surface area contributed by atoms with Crippen LogP contribution in [0.4, 0.5) is 28.0 Å². The van der Waals surface area contributed by atoms with Gasteiger partial charge in [0.1, 0.15) is 5.82 Å². The average molecular weight is 512 g/mol. The Kier molecular flexibility index (Phi) is 6.55. The lowest BCUT2D eigenvalue weighted by Crippen LogP contribution is -2.49. The fourth-order valence-corrected chi connectivity index (χ4v) is 3.84. The van der Waals surface area contributed by atoms with Gasteiger partial charge >= 0.3 is 18.2 Å². The van der Waals surface area contributed by atoms with Crippen LogP contribution in [0.25, 0.3) is 0 Å². The molecule has 0 fully saturated rings. The number of carbonyl (C=O) groups excluding carboxylic acids is 2. The summed E-state index contributed by atoms with van der Waals surface area (Å²) in [5, 5.41) is 11.4. The minimum atomic E-state index is -4.99. The van der Waals surface area contributed by atoms with Gasteiger partial charge in [0, 0.05) is 5.33 Å². The lowest BCUT2D eigenvalue weighted by atomic mass is 9.94. The maximum absolute atomic E-state index is 13.8. The number of halogens is 5. The van der Waals surface area contributed by atoms with E-state index >= 15 is 0 Å². The number of esters is 1. The van der Waals surface area contributed by atoms with Crippen molar-refractivity contribution in [1.29, 1.82) is 5.26 Å².